The molecule has 4 saturated carbocycles. The Morgan fingerprint density at radius 1 is 1.14 bits per heavy atom. The van der Waals surface area contributed by atoms with Gasteiger partial charge in [0.15, 0.2) is 0 Å². The molecule has 4 fully saturated rings. The molecule has 0 saturated heterocycles. The molecule has 2 atom stereocenters. The topological polar surface area (TPSA) is 47.6 Å². The molecule has 1 N–H and O–H groups in total. The maximum absolute atomic E-state index is 13.3. The number of rotatable bonds is 9. The number of benzene rings is 1. The molecule has 2 unspecified atom stereocenters. The van der Waals surface area contributed by atoms with E-state index in [1.807, 2.05) is 0 Å². The van der Waals surface area contributed by atoms with Crippen LogP contribution in [0.4, 0.5) is 0 Å². The summed E-state index contributed by atoms with van der Waals surface area (Å²) in [6.07, 6.45) is 7.87. The van der Waals surface area contributed by atoms with Crippen molar-refractivity contribution in [3.05, 3.63) is 29.8 Å². The van der Waals surface area contributed by atoms with Gasteiger partial charge in [-0.1, -0.05) is 26.0 Å². The minimum Gasteiger partial charge on any atom is -0.497 e. The smallest absolute Gasteiger partial charge is 0.226 e. The summed E-state index contributed by atoms with van der Waals surface area (Å²) in [5.74, 6) is 3.15. The summed E-state index contributed by atoms with van der Waals surface area (Å²) in [6, 6.07) is 8.64. The SMILES string of the molecule is COc1ccc(C23CC4CC(CC(C(=O)NCCCOCC(C)C)(C4)C2)C3)cc1. The first-order valence-electron chi connectivity index (χ1n) is 11.5. The van der Waals surface area contributed by atoms with Crippen LogP contribution >= 0.6 is 0 Å². The van der Waals surface area contributed by atoms with Crippen molar-refractivity contribution in [3.8, 4) is 5.75 Å². The van der Waals surface area contributed by atoms with E-state index in [-0.39, 0.29) is 10.8 Å². The fourth-order valence-corrected chi connectivity index (χ4v) is 6.69. The van der Waals surface area contributed by atoms with Crippen LogP contribution in [-0.4, -0.2) is 32.8 Å². The van der Waals surface area contributed by atoms with Gasteiger partial charge in [0.1, 0.15) is 5.75 Å². The first-order chi connectivity index (χ1) is 13.9. The lowest BCUT2D eigenvalue weighted by atomic mass is 9.42. The highest BCUT2D eigenvalue weighted by Crippen LogP contribution is 2.65. The Bertz CT molecular complexity index is 697. The van der Waals surface area contributed by atoms with Gasteiger partial charge in [-0.25, -0.2) is 0 Å². The predicted molar refractivity (Wildman–Crippen MR) is 115 cm³/mol. The minimum absolute atomic E-state index is 0.164. The zero-order valence-corrected chi connectivity index (χ0v) is 18.3. The van der Waals surface area contributed by atoms with E-state index >= 15 is 0 Å². The van der Waals surface area contributed by atoms with Crippen molar-refractivity contribution >= 4 is 5.91 Å². The summed E-state index contributed by atoms with van der Waals surface area (Å²) in [5, 5.41) is 3.28. The maximum atomic E-state index is 13.3. The Balaban J connectivity index is 1.42. The third kappa shape index (κ3) is 4.19. The fourth-order valence-electron chi connectivity index (χ4n) is 6.69. The van der Waals surface area contributed by atoms with E-state index in [2.05, 4.69) is 43.4 Å². The molecule has 4 aliphatic carbocycles. The third-order valence-corrected chi connectivity index (χ3v) is 7.45. The van der Waals surface area contributed by atoms with Gasteiger partial charge in [0.25, 0.3) is 0 Å². The molecular formula is C25H37NO3. The molecule has 0 heterocycles. The van der Waals surface area contributed by atoms with Gasteiger partial charge in [-0.3, -0.25) is 4.79 Å². The van der Waals surface area contributed by atoms with Crippen LogP contribution in [0.5, 0.6) is 5.75 Å². The van der Waals surface area contributed by atoms with Crippen LogP contribution in [0, 0.1) is 23.2 Å². The second-order valence-corrected chi connectivity index (χ2v) is 10.3. The second kappa shape index (κ2) is 8.29. The molecule has 0 aliphatic heterocycles. The number of nitrogens with one attached hydrogen (secondary N) is 1. The normalized spacial score (nSPS) is 32.6. The second-order valence-electron chi connectivity index (χ2n) is 10.3. The molecule has 0 radical (unpaired) electrons. The van der Waals surface area contributed by atoms with E-state index in [0.29, 0.717) is 23.7 Å². The number of carbonyl (C=O) groups is 1. The van der Waals surface area contributed by atoms with E-state index in [0.717, 1.165) is 51.2 Å². The highest BCUT2D eigenvalue weighted by atomic mass is 16.5. The summed E-state index contributed by atoms with van der Waals surface area (Å²) in [6.45, 7) is 6.57. The van der Waals surface area contributed by atoms with E-state index in [4.69, 9.17) is 9.47 Å². The van der Waals surface area contributed by atoms with Crippen LogP contribution in [0.15, 0.2) is 24.3 Å². The molecule has 1 aromatic carbocycles. The first-order valence-corrected chi connectivity index (χ1v) is 11.5. The molecule has 4 nitrogen and oxygen atoms in total. The number of ether oxygens (including phenoxy) is 2. The van der Waals surface area contributed by atoms with Crippen molar-refractivity contribution in [3.63, 3.8) is 0 Å². The molecular weight excluding hydrogens is 362 g/mol. The average Bonchev–Trinajstić information content (AvgIpc) is 2.69. The molecule has 1 aromatic rings. The predicted octanol–water partition coefficient (Wildman–Crippen LogP) is 4.71. The summed E-state index contributed by atoms with van der Waals surface area (Å²) in [4.78, 5) is 13.3. The van der Waals surface area contributed by atoms with Crippen LogP contribution in [0.1, 0.15) is 64.4 Å². The van der Waals surface area contributed by atoms with E-state index in [9.17, 15) is 4.79 Å². The van der Waals surface area contributed by atoms with Gasteiger partial charge in [0.05, 0.1) is 12.5 Å². The van der Waals surface area contributed by atoms with Crippen LogP contribution < -0.4 is 10.1 Å². The molecule has 0 aromatic heterocycles. The number of hydrogen-bond donors (Lipinski definition) is 1. The summed E-state index contributed by atoms with van der Waals surface area (Å²) >= 11 is 0. The van der Waals surface area contributed by atoms with Gasteiger partial charge in [0, 0.05) is 19.8 Å². The summed E-state index contributed by atoms with van der Waals surface area (Å²) in [7, 11) is 1.72. The molecule has 4 heteroatoms. The average molecular weight is 400 g/mol. The zero-order chi connectivity index (χ0) is 20.5. The number of hydrogen-bond acceptors (Lipinski definition) is 3. The number of carbonyl (C=O) groups excluding carboxylic acids is 1. The molecule has 4 bridgehead atoms. The highest BCUT2D eigenvalue weighted by Gasteiger charge is 2.60. The Morgan fingerprint density at radius 3 is 2.45 bits per heavy atom. The standard InChI is InChI=1S/C25H37NO3/c1-18(2)16-29-10-4-9-26-23(27)25-14-19-11-20(15-25)13-24(12-19,17-25)21-5-7-22(28-3)8-6-21/h5-8,18-20H,4,9-17H2,1-3H3,(H,26,27). The molecule has 29 heavy (non-hydrogen) atoms. The van der Waals surface area contributed by atoms with Crippen molar-refractivity contribution < 1.29 is 14.3 Å². The van der Waals surface area contributed by atoms with Gasteiger partial charge in [-0.2, -0.15) is 0 Å². The van der Waals surface area contributed by atoms with Gasteiger partial charge >= 0.3 is 0 Å². The van der Waals surface area contributed by atoms with Crippen molar-refractivity contribution in [1.29, 1.82) is 0 Å². The quantitative estimate of drug-likeness (QED) is 0.612. The van der Waals surface area contributed by atoms with E-state index in [1.165, 1.54) is 24.8 Å². The van der Waals surface area contributed by atoms with Crippen molar-refractivity contribution in [2.45, 2.75) is 64.2 Å². The first kappa shape index (κ1) is 20.7. The van der Waals surface area contributed by atoms with Gasteiger partial charge in [-0.05, 0) is 85.8 Å². The van der Waals surface area contributed by atoms with Crippen LogP contribution in [0.2, 0.25) is 0 Å². The van der Waals surface area contributed by atoms with Crippen molar-refractivity contribution in [2.75, 3.05) is 26.9 Å². The van der Waals surface area contributed by atoms with E-state index in [1.54, 1.807) is 7.11 Å². The summed E-state index contributed by atoms with van der Waals surface area (Å²) in [5.41, 5.74) is 1.42. The lowest BCUT2D eigenvalue weighted by molar-refractivity contribution is -0.149. The van der Waals surface area contributed by atoms with Gasteiger partial charge < -0.3 is 14.8 Å². The van der Waals surface area contributed by atoms with E-state index < -0.39 is 0 Å². The highest BCUT2D eigenvalue weighted by molar-refractivity contribution is 5.83. The molecule has 1 amide bonds. The maximum Gasteiger partial charge on any atom is 0.226 e. The van der Waals surface area contributed by atoms with Crippen molar-refractivity contribution in [2.24, 2.45) is 23.2 Å². The monoisotopic (exact) mass is 399 g/mol. The minimum atomic E-state index is -0.164. The lowest BCUT2D eigenvalue weighted by Gasteiger charge is -2.61. The van der Waals surface area contributed by atoms with Crippen LogP contribution in [0.3, 0.4) is 0 Å². The molecule has 5 rings (SSSR count). The Hall–Kier alpha value is -1.55. The van der Waals surface area contributed by atoms with Crippen LogP contribution in [-0.2, 0) is 14.9 Å². The molecule has 4 aliphatic rings. The van der Waals surface area contributed by atoms with Gasteiger partial charge in [-0.15, -0.1) is 0 Å². The third-order valence-electron chi connectivity index (χ3n) is 7.45. The fraction of sp³-hybridized carbons (Fsp3) is 0.720. The largest absolute Gasteiger partial charge is 0.497 e. The van der Waals surface area contributed by atoms with Gasteiger partial charge in [0.2, 0.25) is 5.91 Å². The zero-order valence-electron chi connectivity index (χ0n) is 18.3. The van der Waals surface area contributed by atoms with Crippen molar-refractivity contribution in [1.82, 2.24) is 5.32 Å². The van der Waals surface area contributed by atoms with Crippen LogP contribution in [0.25, 0.3) is 0 Å². The molecule has 160 valence electrons. The Labute approximate surface area is 175 Å². The number of methoxy groups -OCH3 is 1. The lowest BCUT2D eigenvalue weighted by Crippen LogP contribution is -2.59. The molecule has 0 spiro atoms. The Kier molecular flexibility index (Phi) is 5.92. The summed E-state index contributed by atoms with van der Waals surface area (Å²) < 4.78 is 11.0. The Morgan fingerprint density at radius 2 is 1.83 bits per heavy atom. The number of amides is 1.